The van der Waals surface area contributed by atoms with Gasteiger partial charge in [0.2, 0.25) is 5.91 Å². The van der Waals surface area contributed by atoms with Crippen molar-refractivity contribution in [3.63, 3.8) is 0 Å². The number of rotatable bonds is 3. The van der Waals surface area contributed by atoms with E-state index >= 15 is 0 Å². The molecule has 2 aromatic heterocycles. The number of aryl methyl sites for hydroxylation is 1. The highest BCUT2D eigenvalue weighted by Crippen LogP contribution is 2.34. The van der Waals surface area contributed by atoms with Gasteiger partial charge in [-0.3, -0.25) is 4.79 Å². The molecule has 5 heterocycles. The van der Waals surface area contributed by atoms with Crippen molar-refractivity contribution in [1.29, 1.82) is 0 Å². The van der Waals surface area contributed by atoms with Crippen LogP contribution in [-0.2, 0) is 4.79 Å². The first-order valence-electron chi connectivity index (χ1n) is 11.9. The van der Waals surface area contributed by atoms with E-state index in [0.717, 1.165) is 87.6 Å². The Labute approximate surface area is 184 Å². The van der Waals surface area contributed by atoms with Crippen LogP contribution in [0.25, 0.3) is 5.65 Å². The highest BCUT2D eigenvalue weighted by Gasteiger charge is 2.37. The maximum absolute atomic E-state index is 13.5. The third-order valence-corrected chi connectivity index (χ3v) is 7.42. The highest BCUT2D eigenvalue weighted by molar-refractivity contribution is 5.80. The van der Waals surface area contributed by atoms with Gasteiger partial charge in [-0.2, -0.15) is 5.10 Å². The summed E-state index contributed by atoms with van der Waals surface area (Å²) < 4.78 is 1.88. The van der Waals surface area contributed by atoms with E-state index in [2.05, 4.69) is 41.2 Å². The minimum Gasteiger partial charge on any atom is -0.355 e. The number of hydrogen-bond donors (Lipinski definition) is 2. The molecule has 0 aliphatic carbocycles. The molecule has 0 spiro atoms. The largest absolute Gasteiger partial charge is 0.355 e. The molecule has 0 aromatic carbocycles. The Balaban J connectivity index is 1.43. The summed E-state index contributed by atoms with van der Waals surface area (Å²) in [7, 11) is 0. The molecule has 3 aliphatic rings. The van der Waals surface area contributed by atoms with Crippen molar-refractivity contribution in [2.75, 3.05) is 37.6 Å². The second-order valence-corrected chi connectivity index (χ2v) is 9.73. The van der Waals surface area contributed by atoms with E-state index in [1.807, 2.05) is 4.52 Å². The number of nitrogens with one attached hydrogen (secondary N) is 1. The molecule has 2 aromatic rings. The maximum Gasteiger partial charge on any atom is 0.227 e. The van der Waals surface area contributed by atoms with E-state index in [-0.39, 0.29) is 23.9 Å². The SMILES string of the molecule is Cc1cn2nc([C@@H]3CCCCN3C(=O)C3CNCCC3C)cc2nc1N1CC[C@H](N)C1. The van der Waals surface area contributed by atoms with Crippen LogP contribution in [-0.4, -0.2) is 64.2 Å². The van der Waals surface area contributed by atoms with Gasteiger partial charge in [0.1, 0.15) is 5.82 Å². The Kier molecular flexibility index (Phi) is 5.60. The molecule has 168 valence electrons. The molecule has 3 N–H and O–H groups in total. The number of likely N-dealkylation sites (tertiary alicyclic amines) is 1. The van der Waals surface area contributed by atoms with Gasteiger partial charge in [-0.1, -0.05) is 6.92 Å². The zero-order valence-electron chi connectivity index (χ0n) is 18.8. The number of nitrogens with two attached hydrogens (primary N) is 1. The molecule has 8 heteroatoms. The van der Waals surface area contributed by atoms with Crippen molar-refractivity contribution >= 4 is 17.4 Å². The molecule has 3 saturated heterocycles. The van der Waals surface area contributed by atoms with E-state index in [0.29, 0.717) is 5.92 Å². The Bertz CT molecular complexity index is 957. The van der Waals surface area contributed by atoms with Gasteiger partial charge in [0.05, 0.1) is 17.7 Å². The average molecular weight is 426 g/mol. The fourth-order valence-electron chi connectivity index (χ4n) is 5.52. The van der Waals surface area contributed by atoms with Gasteiger partial charge in [-0.15, -0.1) is 0 Å². The first-order valence-corrected chi connectivity index (χ1v) is 11.9. The molecular formula is C23H35N7O. The Hall–Kier alpha value is -2.19. The van der Waals surface area contributed by atoms with Gasteiger partial charge in [-0.05, 0) is 51.5 Å². The number of fused-ring (bicyclic) bond motifs is 1. The second kappa shape index (κ2) is 8.39. The summed E-state index contributed by atoms with van der Waals surface area (Å²) in [5.41, 5.74) is 9.03. The third kappa shape index (κ3) is 3.91. The van der Waals surface area contributed by atoms with E-state index < -0.39 is 0 Å². The van der Waals surface area contributed by atoms with Crippen molar-refractivity contribution in [3.05, 3.63) is 23.5 Å². The summed E-state index contributed by atoms with van der Waals surface area (Å²) in [6, 6.07) is 2.34. The predicted molar refractivity (Wildman–Crippen MR) is 121 cm³/mol. The van der Waals surface area contributed by atoms with Crippen LogP contribution in [0.3, 0.4) is 0 Å². The lowest BCUT2D eigenvalue weighted by Crippen LogP contribution is -2.49. The van der Waals surface area contributed by atoms with Crippen LogP contribution < -0.4 is 16.0 Å². The van der Waals surface area contributed by atoms with Crippen molar-refractivity contribution in [3.8, 4) is 0 Å². The molecule has 0 bridgehead atoms. The lowest BCUT2D eigenvalue weighted by molar-refractivity contribution is -0.141. The highest BCUT2D eigenvalue weighted by atomic mass is 16.2. The van der Waals surface area contributed by atoms with Crippen LogP contribution in [0.2, 0.25) is 0 Å². The summed E-state index contributed by atoms with van der Waals surface area (Å²) in [6.07, 6.45) is 7.30. The minimum absolute atomic E-state index is 0.0426. The number of anilines is 1. The molecule has 2 unspecified atom stereocenters. The molecule has 3 fully saturated rings. The molecule has 31 heavy (non-hydrogen) atoms. The summed E-state index contributed by atoms with van der Waals surface area (Å²) >= 11 is 0. The lowest BCUT2D eigenvalue weighted by Gasteiger charge is -2.39. The van der Waals surface area contributed by atoms with Crippen LogP contribution in [0, 0.1) is 18.8 Å². The molecule has 5 rings (SSSR count). The van der Waals surface area contributed by atoms with Gasteiger partial charge in [-0.25, -0.2) is 9.50 Å². The first-order chi connectivity index (χ1) is 15.0. The standard InChI is InChI=1S/C23H35N7O/c1-15-6-8-25-12-18(15)23(31)29-9-4-3-5-20(29)19-11-21-26-22(16(2)13-30(21)27-19)28-10-7-17(24)14-28/h11,13,15,17-18,20,25H,3-10,12,14,24H2,1-2H3/t15?,17-,18?,20-/m0/s1. The van der Waals surface area contributed by atoms with Gasteiger partial charge >= 0.3 is 0 Å². The maximum atomic E-state index is 13.5. The van der Waals surface area contributed by atoms with Crippen LogP contribution >= 0.6 is 0 Å². The minimum atomic E-state index is 0.0426. The smallest absolute Gasteiger partial charge is 0.227 e. The summed E-state index contributed by atoms with van der Waals surface area (Å²) in [6.45, 7) is 8.72. The number of carbonyl (C=O) groups excluding carboxylic acids is 1. The van der Waals surface area contributed by atoms with Gasteiger partial charge < -0.3 is 20.9 Å². The van der Waals surface area contributed by atoms with Crippen LogP contribution in [0.15, 0.2) is 12.3 Å². The lowest BCUT2D eigenvalue weighted by atomic mass is 9.85. The molecule has 0 saturated carbocycles. The molecule has 1 amide bonds. The van der Waals surface area contributed by atoms with Crippen LogP contribution in [0.1, 0.15) is 56.3 Å². The number of piperidine rings is 2. The van der Waals surface area contributed by atoms with E-state index in [4.69, 9.17) is 15.8 Å². The normalized spacial score (nSPS) is 29.6. The molecule has 4 atom stereocenters. The average Bonchev–Trinajstić information content (AvgIpc) is 3.38. The topological polar surface area (TPSA) is 91.8 Å². The van der Waals surface area contributed by atoms with Gasteiger partial charge in [0.15, 0.2) is 5.65 Å². The van der Waals surface area contributed by atoms with E-state index in [9.17, 15) is 4.79 Å². The van der Waals surface area contributed by atoms with Crippen molar-refractivity contribution in [2.24, 2.45) is 17.6 Å². The fourth-order valence-corrected chi connectivity index (χ4v) is 5.52. The summed E-state index contributed by atoms with van der Waals surface area (Å²) in [5.74, 6) is 1.79. The molecular weight excluding hydrogens is 390 g/mol. The van der Waals surface area contributed by atoms with E-state index in [1.165, 1.54) is 0 Å². The number of aromatic nitrogens is 3. The fraction of sp³-hybridized carbons (Fsp3) is 0.696. The second-order valence-electron chi connectivity index (χ2n) is 9.73. The Morgan fingerprint density at radius 1 is 1.23 bits per heavy atom. The van der Waals surface area contributed by atoms with Crippen molar-refractivity contribution in [2.45, 2.75) is 58.0 Å². The molecule has 3 aliphatic heterocycles. The predicted octanol–water partition coefficient (Wildman–Crippen LogP) is 1.87. The number of carbonyl (C=O) groups is 1. The quantitative estimate of drug-likeness (QED) is 0.780. The van der Waals surface area contributed by atoms with Crippen LogP contribution in [0.4, 0.5) is 5.82 Å². The first kappa shape index (κ1) is 20.7. The van der Waals surface area contributed by atoms with E-state index in [1.54, 1.807) is 0 Å². The molecule has 8 nitrogen and oxygen atoms in total. The number of amides is 1. The summed E-state index contributed by atoms with van der Waals surface area (Å²) in [4.78, 5) is 22.8. The molecule has 0 radical (unpaired) electrons. The monoisotopic (exact) mass is 425 g/mol. The number of nitrogens with zero attached hydrogens (tertiary/aromatic N) is 5. The van der Waals surface area contributed by atoms with Crippen molar-refractivity contribution < 1.29 is 4.79 Å². The van der Waals surface area contributed by atoms with Gasteiger partial charge in [0, 0.05) is 50.0 Å². The number of hydrogen-bond acceptors (Lipinski definition) is 6. The van der Waals surface area contributed by atoms with Crippen LogP contribution in [0.5, 0.6) is 0 Å². The third-order valence-electron chi connectivity index (χ3n) is 7.42. The Morgan fingerprint density at radius 3 is 2.87 bits per heavy atom. The van der Waals surface area contributed by atoms with Gasteiger partial charge in [0.25, 0.3) is 0 Å². The zero-order valence-corrected chi connectivity index (χ0v) is 18.8. The Morgan fingerprint density at radius 2 is 2.10 bits per heavy atom. The zero-order chi connectivity index (χ0) is 21.5. The van der Waals surface area contributed by atoms with Crippen molar-refractivity contribution in [1.82, 2.24) is 24.8 Å². The summed E-state index contributed by atoms with van der Waals surface area (Å²) in [5, 5.41) is 8.29.